The highest BCUT2D eigenvalue weighted by atomic mass is 16.6. The van der Waals surface area contributed by atoms with Crippen LogP contribution in [0.4, 0.5) is 0 Å². The van der Waals surface area contributed by atoms with Gasteiger partial charge in [-0.25, -0.2) is 0 Å². The van der Waals surface area contributed by atoms with E-state index in [-0.39, 0.29) is 6.23 Å². The monoisotopic (exact) mass is 616 g/mol. The maximum atomic E-state index is 11.4. The van der Waals surface area contributed by atoms with Crippen molar-refractivity contribution in [2.75, 3.05) is 14.1 Å². The first-order valence-electron chi connectivity index (χ1n) is 19.1. The van der Waals surface area contributed by atoms with Crippen LogP contribution in [0.15, 0.2) is 48.6 Å². The van der Waals surface area contributed by atoms with Gasteiger partial charge >= 0.3 is 0 Å². The van der Waals surface area contributed by atoms with E-state index in [0.717, 1.165) is 38.5 Å². The average Bonchev–Trinajstić information content (AvgIpc) is 3.00. The Hall–Kier alpha value is -1.16. The fourth-order valence-electron chi connectivity index (χ4n) is 5.44. The van der Waals surface area contributed by atoms with Crippen LogP contribution in [0.25, 0.3) is 0 Å². The molecule has 0 aliphatic heterocycles. The quantitative estimate of drug-likeness (QED) is 0.0453. The molecule has 258 valence electrons. The standard InChI is InChI=1S/C41H77NO2/c1-6-8-10-12-14-16-18-20-22-24-26-28-30-32-34-36-38-41(43,44-40(3)42(4)5)39-37-35-33-31-29-27-25-23-21-19-17-15-13-11-9-7-2/h14-17,20-23,40,43H,6-13,18-19,24-39H2,1-5H3/b16-14-,17-15-,22-20-,23-21-. The van der Waals surface area contributed by atoms with Crippen LogP contribution in [-0.2, 0) is 4.74 Å². The number of nitrogens with zero attached hydrogens (tertiary/aromatic N) is 1. The highest BCUT2D eigenvalue weighted by Gasteiger charge is 2.29. The molecule has 1 N–H and O–H groups in total. The van der Waals surface area contributed by atoms with Gasteiger partial charge in [-0.05, 0) is 98.1 Å². The molecule has 44 heavy (non-hydrogen) atoms. The molecule has 0 aliphatic carbocycles. The molecule has 0 heterocycles. The van der Waals surface area contributed by atoms with Gasteiger partial charge in [-0.15, -0.1) is 0 Å². The second-order valence-electron chi connectivity index (χ2n) is 13.3. The first-order chi connectivity index (χ1) is 21.4. The molecule has 0 radical (unpaired) electrons. The molecule has 0 spiro atoms. The Morgan fingerprint density at radius 3 is 1.16 bits per heavy atom. The van der Waals surface area contributed by atoms with Crippen molar-refractivity contribution in [1.82, 2.24) is 4.90 Å². The molecule has 0 saturated carbocycles. The fourth-order valence-corrected chi connectivity index (χ4v) is 5.44. The highest BCUT2D eigenvalue weighted by molar-refractivity contribution is 4.93. The third-order valence-corrected chi connectivity index (χ3v) is 8.65. The van der Waals surface area contributed by atoms with Gasteiger partial charge in [-0.3, -0.25) is 4.90 Å². The smallest absolute Gasteiger partial charge is 0.167 e. The lowest BCUT2D eigenvalue weighted by Crippen LogP contribution is -2.41. The zero-order valence-corrected chi connectivity index (χ0v) is 30.4. The van der Waals surface area contributed by atoms with Crippen molar-refractivity contribution in [1.29, 1.82) is 0 Å². The van der Waals surface area contributed by atoms with Gasteiger partial charge in [0.25, 0.3) is 0 Å². The van der Waals surface area contributed by atoms with Gasteiger partial charge in [0.05, 0.1) is 0 Å². The molecule has 0 aromatic rings. The molecule has 0 bridgehead atoms. The molecule has 0 aromatic heterocycles. The Labute approximate surface area is 276 Å². The predicted octanol–water partition coefficient (Wildman–Crippen LogP) is 13.0. The number of allylic oxidation sites excluding steroid dienone is 8. The summed E-state index contributed by atoms with van der Waals surface area (Å²) in [6.07, 6.45) is 49.8. The van der Waals surface area contributed by atoms with E-state index >= 15 is 0 Å². The summed E-state index contributed by atoms with van der Waals surface area (Å²) in [4.78, 5) is 2.04. The van der Waals surface area contributed by atoms with Gasteiger partial charge < -0.3 is 9.84 Å². The molecule has 0 fully saturated rings. The van der Waals surface area contributed by atoms with E-state index < -0.39 is 5.79 Å². The fraction of sp³-hybridized carbons (Fsp3) is 0.805. The van der Waals surface area contributed by atoms with E-state index in [1.807, 2.05) is 25.9 Å². The second-order valence-corrected chi connectivity index (χ2v) is 13.3. The normalized spacial score (nSPS) is 13.6. The number of hydrogen-bond donors (Lipinski definition) is 1. The molecule has 1 unspecified atom stereocenters. The third kappa shape index (κ3) is 30.8. The van der Waals surface area contributed by atoms with Crippen LogP contribution in [0.2, 0.25) is 0 Å². The Morgan fingerprint density at radius 2 is 0.818 bits per heavy atom. The van der Waals surface area contributed by atoms with Gasteiger partial charge in [-0.2, -0.15) is 0 Å². The van der Waals surface area contributed by atoms with Crippen LogP contribution in [0.5, 0.6) is 0 Å². The van der Waals surface area contributed by atoms with E-state index in [9.17, 15) is 5.11 Å². The van der Waals surface area contributed by atoms with Crippen LogP contribution < -0.4 is 0 Å². The van der Waals surface area contributed by atoms with Gasteiger partial charge in [0.2, 0.25) is 0 Å². The van der Waals surface area contributed by atoms with Crippen molar-refractivity contribution in [3.63, 3.8) is 0 Å². The molecular weight excluding hydrogens is 538 g/mol. The minimum Gasteiger partial charge on any atom is -0.365 e. The Bertz CT molecular complexity index is 645. The lowest BCUT2D eigenvalue weighted by Gasteiger charge is -2.34. The summed E-state index contributed by atoms with van der Waals surface area (Å²) in [6.45, 7) is 6.56. The largest absolute Gasteiger partial charge is 0.365 e. The summed E-state index contributed by atoms with van der Waals surface area (Å²) < 4.78 is 6.20. The van der Waals surface area contributed by atoms with Crippen molar-refractivity contribution in [2.24, 2.45) is 0 Å². The summed E-state index contributed by atoms with van der Waals surface area (Å²) in [5, 5.41) is 11.4. The van der Waals surface area contributed by atoms with Gasteiger partial charge in [0, 0.05) is 12.8 Å². The summed E-state index contributed by atoms with van der Waals surface area (Å²) in [5.41, 5.74) is 0. The van der Waals surface area contributed by atoms with Crippen molar-refractivity contribution in [3.05, 3.63) is 48.6 Å². The summed E-state index contributed by atoms with van der Waals surface area (Å²) in [5.74, 6) is -0.992. The topological polar surface area (TPSA) is 32.7 Å². The van der Waals surface area contributed by atoms with E-state index in [2.05, 4.69) is 62.5 Å². The number of rotatable bonds is 33. The van der Waals surface area contributed by atoms with Crippen LogP contribution in [0.1, 0.15) is 188 Å². The predicted molar refractivity (Wildman–Crippen MR) is 197 cm³/mol. The second kappa shape index (κ2) is 33.2. The van der Waals surface area contributed by atoms with Gasteiger partial charge in [0.15, 0.2) is 5.79 Å². The minimum absolute atomic E-state index is 0.0748. The summed E-state index contributed by atoms with van der Waals surface area (Å²) >= 11 is 0. The van der Waals surface area contributed by atoms with E-state index in [4.69, 9.17) is 4.74 Å². The van der Waals surface area contributed by atoms with Crippen molar-refractivity contribution < 1.29 is 9.84 Å². The Morgan fingerprint density at radius 1 is 0.500 bits per heavy atom. The van der Waals surface area contributed by atoms with Gasteiger partial charge in [0.1, 0.15) is 6.23 Å². The lowest BCUT2D eigenvalue weighted by molar-refractivity contribution is -0.258. The maximum Gasteiger partial charge on any atom is 0.167 e. The molecule has 0 aromatic carbocycles. The average molecular weight is 616 g/mol. The van der Waals surface area contributed by atoms with Crippen LogP contribution in [0.3, 0.4) is 0 Å². The molecule has 0 rings (SSSR count). The number of unbranched alkanes of at least 4 members (excludes halogenated alkanes) is 18. The van der Waals surface area contributed by atoms with Crippen molar-refractivity contribution in [3.8, 4) is 0 Å². The molecule has 0 aliphatic rings. The lowest BCUT2D eigenvalue weighted by atomic mass is 9.98. The number of hydrogen-bond acceptors (Lipinski definition) is 3. The van der Waals surface area contributed by atoms with Crippen LogP contribution in [0, 0.1) is 0 Å². The third-order valence-electron chi connectivity index (χ3n) is 8.65. The number of ether oxygens (including phenoxy) is 1. The van der Waals surface area contributed by atoms with E-state index in [1.54, 1.807) is 0 Å². The zero-order chi connectivity index (χ0) is 32.4. The maximum absolute atomic E-state index is 11.4. The van der Waals surface area contributed by atoms with Crippen LogP contribution >= 0.6 is 0 Å². The minimum atomic E-state index is -0.992. The summed E-state index contributed by atoms with van der Waals surface area (Å²) in [7, 11) is 4.04. The first kappa shape index (κ1) is 42.8. The SMILES string of the molecule is CCCCC/C=C\C/C=C\CCCCCCCCC(O)(CCCCCCCC/C=C\C/C=C\CCCCC)OC(C)N(C)C. The van der Waals surface area contributed by atoms with Gasteiger partial charge in [-0.1, -0.05) is 140 Å². The molecular formula is C41H77NO2. The number of aliphatic hydroxyl groups is 1. The molecule has 0 saturated heterocycles. The summed E-state index contributed by atoms with van der Waals surface area (Å²) in [6, 6.07) is 0. The Kier molecular flexibility index (Phi) is 32.3. The van der Waals surface area contributed by atoms with Crippen molar-refractivity contribution >= 4 is 0 Å². The van der Waals surface area contributed by atoms with Crippen LogP contribution in [-0.4, -0.2) is 36.1 Å². The zero-order valence-electron chi connectivity index (χ0n) is 30.4. The molecule has 0 amide bonds. The molecule has 3 heteroatoms. The van der Waals surface area contributed by atoms with Crippen molar-refractivity contribution in [2.45, 2.75) is 200 Å². The van der Waals surface area contributed by atoms with E-state index in [0.29, 0.717) is 0 Å². The molecule has 1 atom stereocenters. The highest BCUT2D eigenvalue weighted by Crippen LogP contribution is 2.27. The Balaban J connectivity index is 3.97. The first-order valence-corrected chi connectivity index (χ1v) is 19.1. The molecule has 3 nitrogen and oxygen atoms in total. The van der Waals surface area contributed by atoms with E-state index in [1.165, 1.54) is 128 Å².